The summed E-state index contributed by atoms with van der Waals surface area (Å²) in [7, 11) is 0. The molecule has 2 N–H and O–H groups in total. The van der Waals surface area contributed by atoms with E-state index in [0.717, 1.165) is 35.8 Å². The van der Waals surface area contributed by atoms with E-state index in [1.54, 1.807) is 0 Å². The lowest BCUT2D eigenvalue weighted by atomic mass is 9.84. The highest BCUT2D eigenvalue weighted by molar-refractivity contribution is 9.10. The van der Waals surface area contributed by atoms with Crippen molar-refractivity contribution in [2.45, 2.75) is 38.1 Å². The Balaban J connectivity index is 2.11. The van der Waals surface area contributed by atoms with E-state index in [1.807, 2.05) is 24.3 Å². The third-order valence-corrected chi connectivity index (χ3v) is 4.26. The van der Waals surface area contributed by atoms with Crippen LogP contribution in [0.1, 0.15) is 32.1 Å². The van der Waals surface area contributed by atoms with Crippen LogP contribution >= 0.6 is 15.9 Å². The molecule has 0 spiro atoms. The average Bonchev–Trinajstić information content (AvgIpc) is 2.38. The molecule has 0 radical (unpaired) electrons. The molecule has 0 aromatic heterocycles. The Morgan fingerprint density at radius 2 is 1.94 bits per heavy atom. The number of hydrogen-bond acceptors (Lipinski definition) is 2. The third-order valence-electron chi connectivity index (χ3n) is 3.57. The fourth-order valence-corrected chi connectivity index (χ4v) is 2.99. The van der Waals surface area contributed by atoms with Gasteiger partial charge in [0.15, 0.2) is 0 Å². The van der Waals surface area contributed by atoms with Crippen molar-refractivity contribution in [1.82, 2.24) is 0 Å². The van der Waals surface area contributed by atoms with Gasteiger partial charge in [0.2, 0.25) is 0 Å². The van der Waals surface area contributed by atoms with Crippen molar-refractivity contribution >= 4 is 27.6 Å². The van der Waals surface area contributed by atoms with Crippen molar-refractivity contribution in [3.63, 3.8) is 0 Å². The maximum Gasteiger partial charge on any atom is 0.326 e. The summed E-state index contributed by atoms with van der Waals surface area (Å²) >= 11 is 3.44. The van der Waals surface area contributed by atoms with Gasteiger partial charge in [0.05, 0.1) is 0 Å². The smallest absolute Gasteiger partial charge is 0.326 e. The highest BCUT2D eigenvalue weighted by Gasteiger charge is 2.29. The van der Waals surface area contributed by atoms with Gasteiger partial charge in [-0.1, -0.05) is 31.4 Å². The van der Waals surface area contributed by atoms with Crippen molar-refractivity contribution in [3.8, 4) is 0 Å². The molecule has 1 aromatic rings. The Kier molecular flexibility index (Phi) is 4.64. The number of carboxylic acids is 1. The molecule has 0 aliphatic heterocycles. The lowest BCUT2D eigenvalue weighted by Gasteiger charge is -2.29. The van der Waals surface area contributed by atoms with E-state index in [2.05, 4.69) is 21.2 Å². The molecule has 1 aliphatic carbocycles. The van der Waals surface area contributed by atoms with Crippen LogP contribution in [0.25, 0.3) is 0 Å². The summed E-state index contributed by atoms with van der Waals surface area (Å²) in [4.78, 5) is 11.4. The number of rotatable bonds is 4. The van der Waals surface area contributed by atoms with Crippen LogP contribution in [0.3, 0.4) is 0 Å². The molecule has 0 heterocycles. The number of benzene rings is 1. The zero-order chi connectivity index (χ0) is 13.0. The minimum atomic E-state index is -0.752. The standard InChI is InChI=1S/C14H18BrNO2/c15-11-8-4-5-9-12(11)16-13(14(17)18)10-6-2-1-3-7-10/h4-5,8-10,13,16H,1-3,6-7H2,(H,17,18). The van der Waals surface area contributed by atoms with E-state index in [1.165, 1.54) is 6.42 Å². The minimum Gasteiger partial charge on any atom is -0.480 e. The van der Waals surface area contributed by atoms with Gasteiger partial charge in [0, 0.05) is 10.2 Å². The van der Waals surface area contributed by atoms with Gasteiger partial charge in [-0.15, -0.1) is 0 Å². The van der Waals surface area contributed by atoms with Crippen LogP contribution in [-0.4, -0.2) is 17.1 Å². The molecule has 1 unspecified atom stereocenters. The summed E-state index contributed by atoms with van der Waals surface area (Å²) in [5, 5.41) is 12.6. The number of anilines is 1. The van der Waals surface area contributed by atoms with E-state index < -0.39 is 12.0 Å². The Bertz CT molecular complexity index is 416. The number of nitrogens with one attached hydrogen (secondary N) is 1. The molecule has 1 atom stereocenters. The fourth-order valence-electron chi connectivity index (χ4n) is 2.59. The van der Waals surface area contributed by atoms with Gasteiger partial charge >= 0.3 is 5.97 Å². The van der Waals surface area contributed by atoms with Crippen LogP contribution in [0.5, 0.6) is 0 Å². The van der Waals surface area contributed by atoms with Gasteiger partial charge in [-0.25, -0.2) is 4.79 Å². The monoisotopic (exact) mass is 311 g/mol. The van der Waals surface area contributed by atoms with Crippen LogP contribution in [-0.2, 0) is 4.79 Å². The van der Waals surface area contributed by atoms with Gasteiger partial charge in [-0.05, 0) is 46.8 Å². The lowest BCUT2D eigenvalue weighted by Crippen LogP contribution is -2.38. The van der Waals surface area contributed by atoms with E-state index in [0.29, 0.717) is 0 Å². The molecule has 1 aliphatic rings. The summed E-state index contributed by atoms with van der Waals surface area (Å²) in [6, 6.07) is 7.17. The molecule has 0 saturated heterocycles. The Hall–Kier alpha value is -1.03. The van der Waals surface area contributed by atoms with E-state index in [4.69, 9.17) is 0 Å². The van der Waals surface area contributed by atoms with Crippen molar-refractivity contribution in [2.24, 2.45) is 5.92 Å². The molecule has 18 heavy (non-hydrogen) atoms. The van der Waals surface area contributed by atoms with Gasteiger partial charge < -0.3 is 10.4 Å². The third kappa shape index (κ3) is 3.25. The highest BCUT2D eigenvalue weighted by atomic mass is 79.9. The number of aliphatic carboxylic acids is 1. The van der Waals surface area contributed by atoms with Crippen molar-refractivity contribution in [1.29, 1.82) is 0 Å². The Morgan fingerprint density at radius 1 is 1.28 bits per heavy atom. The summed E-state index contributed by atoms with van der Waals surface area (Å²) in [6.07, 6.45) is 5.54. The number of carboxylic acid groups (broad SMARTS) is 1. The quantitative estimate of drug-likeness (QED) is 0.886. The molecule has 1 saturated carbocycles. The zero-order valence-electron chi connectivity index (χ0n) is 10.2. The van der Waals surface area contributed by atoms with E-state index in [9.17, 15) is 9.90 Å². The summed E-state index contributed by atoms with van der Waals surface area (Å²) in [5.74, 6) is -0.513. The molecule has 3 nitrogen and oxygen atoms in total. The second-order valence-electron chi connectivity index (χ2n) is 4.84. The van der Waals surface area contributed by atoms with Crippen molar-refractivity contribution in [3.05, 3.63) is 28.7 Å². The summed E-state index contributed by atoms with van der Waals surface area (Å²) in [6.45, 7) is 0. The molecule has 0 amide bonds. The molecule has 1 fully saturated rings. The van der Waals surface area contributed by atoms with E-state index in [-0.39, 0.29) is 5.92 Å². The van der Waals surface area contributed by atoms with Gasteiger partial charge in [-0.2, -0.15) is 0 Å². The maximum atomic E-state index is 11.4. The average molecular weight is 312 g/mol. The molecule has 1 aromatic carbocycles. The molecular formula is C14H18BrNO2. The largest absolute Gasteiger partial charge is 0.480 e. The number of carbonyl (C=O) groups is 1. The first-order valence-corrected chi connectivity index (χ1v) is 7.21. The second-order valence-corrected chi connectivity index (χ2v) is 5.69. The van der Waals surface area contributed by atoms with Crippen LogP contribution in [0.2, 0.25) is 0 Å². The van der Waals surface area contributed by atoms with Gasteiger partial charge in [-0.3, -0.25) is 0 Å². The first-order chi connectivity index (χ1) is 8.68. The fraction of sp³-hybridized carbons (Fsp3) is 0.500. The highest BCUT2D eigenvalue weighted by Crippen LogP contribution is 2.30. The predicted molar refractivity (Wildman–Crippen MR) is 75.8 cm³/mol. The first-order valence-electron chi connectivity index (χ1n) is 6.42. The molecule has 2 rings (SSSR count). The summed E-state index contributed by atoms with van der Waals surface area (Å²) < 4.78 is 0.909. The zero-order valence-corrected chi connectivity index (χ0v) is 11.8. The van der Waals surface area contributed by atoms with Crippen LogP contribution < -0.4 is 5.32 Å². The Labute approximate surface area is 116 Å². The molecular weight excluding hydrogens is 294 g/mol. The van der Waals surface area contributed by atoms with Crippen LogP contribution in [0, 0.1) is 5.92 Å². The molecule has 4 heteroatoms. The maximum absolute atomic E-state index is 11.4. The normalized spacial score (nSPS) is 18.3. The predicted octanol–water partition coefficient (Wildman–Crippen LogP) is 3.89. The van der Waals surface area contributed by atoms with Crippen molar-refractivity contribution < 1.29 is 9.90 Å². The number of halogens is 1. The minimum absolute atomic E-state index is 0.239. The summed E-state index contributed by atoms with van der Waals surface area (Å²) in [5.41, 5.74) is 0.857. The SMILES string of the molecule is O=C(O)C(Nc1ccccc1Br)C1CCCCC1. The second kappa shape index (κ2) is 6.23. The first kappa shape index (κ1) is 13.4. The Morgan fingerprint density at radius 3 is 2.56 bits per heavy atom. The molecule has 0 bridgehead atoms. The van der Waals surface area contributed by atoms with Crippen molar-refractivity contribution in [2.75, 3.05) is 5.32 Å². The molecule has 98 valence electrons. The lowest BCUT2D eigenvalue weighted by molar-refractivity contribution is -0.139. The topological polar surface area (TPSA) is 49.3 Å². The number of para-hydroxylation sites is 1. The van der Waals surface area contributed by atoms with E-state index >= 15 is 0 Å². The van der Waals surface area contributed by atoms with Gasteiger partial charge in [0.25, 0.3) is 0 Å². The van der Waals surface area contributed by atoms with Gasteiger partial charge in [0.1, 0.15) is 6.04 Å². The van der Waals surface area contributed by atoms with Crippen LogP contribution in [0.4, 0.5) is 5.69 Å². The number of hydrogen-bond donors (Lipinski definition) is 2. The van der Waals surface area contributed by atoms with Crippen LogP contribution in [0.15, 0.2) is 28.7 Å².